The van der Waals surface area contributed by atoms with Crippen LogP contribution in [0.4, 0.5) is 23.7 Å². The Morgan fingerprint density at radius 1 is 1.18 bits per heavy atom. The molecule has 1 unspecified atom stereocenters. The molecule has 2 rings (SSSR count). The van der Waals surface area contributed by atoms with Crippen molar-refractivity contribution in [3.05, 3.63) is 29.8 Å². The van der Waals surface area contributed by atoms with E-state index in [0.29, 0.717) is 17.6 Å². The summed E-state index contributed by atoms with van der Waals surface area (Å²) in [4.78, 5) is 13.5. The molecule has 22 heavy (non-hydrogen) atoms. The van der Waals surface area contributed by atoms with Gasteiger partial charge in [0, 0.05) is 17.6 Å². The minimum absolute atomic E-state index is 0.297. The van der Waals surface area contributed by atoms with Crippen molar-refractivity contribution in [3.63, 3.8) is 0 Å². The van der Waals surface area contributed by atoms with Crippen LogP contribution in [-0.4, -0.2) is 19.7 Å². The number of benzene rings is 1. The van der Waals surface area contributed by atoms with Crippen LogP contribution in [-0.2, 0) is 6.18 Å². The normalized spacial score (nSPS) is 20.0. The molecule has 1 aliphatic heterocycles. The predicted octanol–water partition coefficient (Wildman–Crippen LogP) is 4.77. The zero-order chi connectivity index (χ0) is 16.7. The van der Waals surface area contributed by atoms with Gasteiger partial charge in [-0.05, 0) is 31.2 Å². The van der Waals surface area contributed by atoms with E-state index in [1.165, 1.54) is 17.0 Å². The van der Waals surface area contributed by atoms with E-state index in [-0.39, 0.29) is 0 Å². The van der Waals surface area contributed by atoms with Crippen molar-refractivity contribution in [2.24, 2.45) is 0 Å². The van der Waals surface area contributed by atoms with Crippen LogP contribution in [0.5, 0.6) is 0 Å². The monoisotopic (exact) mass is 393 g/mol. The molecule has 122 valence electrons. The smallest absolute Gasteiger partial charge is 0.275 e. The van der Waals surface area contributed by atoms with Crippen LogP contribution < -0.4 is 10.3 Å². The summed E-state index contributed by atoms with van der Waals surface area (Å²) in [5.41, 5.74) is 2.25. The summed E-state index contributed by atoms with van der Waals surface area (Å²) in [5, 5.41) is 0. The molecule has 2 amide bonds. The number of nitrogens with zero attached hydrogens (tertiary/aromatic N) is 2. The van der Waals surface area contributed by atoms with Gasteiger partial charge in [-0.1, -0.05) is 34.8 Å². The van der Waals surface area contributed by atoms with Gasteiger partial charge in [0.25, 0.3) is 3.12 Å². The van der Waals surface area contributed by atoms with E-state index in [2.05, 4.69) is 5.43 Å². The van der Waals surface area contributed by atoms with E-state index in [9.17, 15) is 18.0 Å². The van der Waals surface area contributed by atoms with Gasteiger partial charge in [0.15, 0.2) is 0 Å². The Labute approximate surface area is 143 Å². The van der Waals surface area contributed by atoms with Crippen molar-refractivity contribution in [2.75, 3.05) is 4.90 Å². The quantitative estimate of drug-likeness (QED) is 0.579. The summed E-state index contributed by atoms with van der Waals surface area (Å²) in [6, 6.07) is 3.67. The number of alkyl halides is 6. The topological polar surface area (TPSA) is 35.6 Å². The van der Waals surface area contributed by atoms with E-state index in [0.717, 1.165) is 16.5 Å². The molecule has 0 bridgehead atoms. The Bertz CT molecular complexity index is 564. The summed E-state index contributed by atoms with van der Waals surface area (Å²) in [6.07, 6.45) is -4.95. The Kier molecular flexibility index (Phi) is 4.99. The predicted molar refractivity (Wildman–Crippen MR) is 81.6 cm³/mol. The maximum absolute atomic E-state index is 12.5. The van der Waals surface area contributed by atoms with Crippen LogP contribution in [0.3, 0.4) is 0 Å². The van der Waals surface area contributed by atoms with Gasteiger partial charge in [-0.25, -0.2) is 4.79 Å². The number of anilines is 1. The number of hydrogen-bond acceptors (Lipinski definition) is 3. The molecule has 0 spiro atoms. The van der Waals surface area contributed by atoms with Gasteiger partial charge in [-0.15, -0.1) is 0 Å². The fourth-order valence-corrected chi connectivity index (χ4v) is 3.06. The van der Waals surface area contributed by atoms with E-state index in [1.807, 2.05) is 0 Å². The fourth-order valence-electron chi connectivity index (χ4n) is 1.86. The third kappa shape index (κ3) is 4.05. The first-order valence-electron chi connectivity index (χ1n) is 5.81. The molecule has 1 N–H and O–H groups in total. The van der Waals surface area contributed by atoms with Crippen LogP contribution in [0.1, 0.15) is 12.5 Å². The van der Waals surface area contributed by atoms with Crippen molar-refractivity contribution >= 4 is 58.5 Å². The van der Waals surface area contributed by atoms with Crippen LogP contribution >= 0.6 is 46.8 Å². The molecular weight excluding hydrogens is 386 g/mol. The van der Waals surface area contributed by atoms with Gasteiger partial charge in [-0.3, -0.25) is 4.90 Å². The van der Waals surface area contributed by atoms with Gasteiger partial charge in [0.05, 0.1) is 5.56 Å². The average molecular weight is 395 g/mol. The molecule has 11 heteroatoms. The second kappa shape index (κ2) is 6.16. The Hall–Kier alpha value is -0.540. The van der Waals surface area contributed by atoms with E-state index in [1.54, 1.807) is 6.92 Å². The molecule has 1 fully saturated rings. The number of carbonyl (C=O) groups is 1. The standard InChI is InChI=1S/C11H9Cl3F3N3OS/c1-6-18-20(22-11(12,13)14)9(21)19(6)8-4-2-7(3-5-8)10(15,16)17/h2-6,18H,1H3. The Balaban J connectivity index is 2.20. The SMILES string of the molecule is CC1NN(SC(Cl)(Cl)Cl)C(=O)N1c1ccc(C(F)(F)F)cc1. The highest BCUT2D eigenvalue weighted by Crippen LogP contribution is 2.42. The second-order valence-electron chi connectivity index (χ2n) is 4.33. The lowest BCUT2D eigenvalue weighted by molar-refractivity contribution is -0.137. The van der Waals surface area contributed by atoms with Gasteiger partial charge in [0.1, 0.15) is 6.17 Å². The summed E-state index contributed by atoms with van der Waals surface area (Å²) in [6.45, 7) is 1.65. The molecule has 1 aromatic rings. The van der Waals surface area contributed by atoms with Crippen LogP contribution in [0.25, 0.3) is 0 Å². The number of hydrazine groups is 1. The van der Waals surface area contributed by atoms with E-state index < -0.39 is 27.1 Å². The molecule has 1 aromatic carbocycles. The first kappa shape index (κ1) is 17.8. The largest absolute Gasteiger partial charge is 0.416 e. The highest BCUT2D eigenvalue weighted by atomic mass is 35.6. The van der Waals surface area contributed by atoms with Crippen molar-refractivity contribution in [3.8, 4) is 0 Å². The molecule has 1 heterocycles. The molecule has 1 saturated heterocycles. The zero-order valence-electron chi connectivity index (χ0n) is 10.9. The number of halogens is 6. The second-order valence-corrected chi connectivity index (χ2v) is 8.45. The zero-order valence-corrected chi connectivity index (χ0v) is 13.9. The lowest BCUT2D eigenvalue weighted by atomic mass is 10.2. The lowest BCUT2D eigenvalue weighted by Crippen LogP contribution is -2.34. The van der Waals surface area contributed by atoms with Gasteiger partial charge in [-0.2, -0.15) is 23.0 Å². The fraction of sp³-hybridized carbons (Fsp3) is 0.364. The van der Waals surface area contributed by atoms with Crippen molar-refractivity contribution in [1.29, 1.82) is 0 Å². The van der Waals surface area contributed by atoms with E-state index in [4.69, 9.17) is 34.8 Å². The van der Waals surface area contributed by atoms with Crippen LogP contribution in [0.2, 0.25) is 0 Å². The lowest BCUT2D eigenvalue weighted by Gasteiger charge is -2.20. The number of rotatable bonds is 2. The molecule has 1 aliphatic rings. The number of hydrogen-bond donors (Lipinski definition) is 1. The molecule has 0 radical (unpaired) electrons. The maximum Gasteiger partial charge on any atom is 0.416 e. The van der Waals surface area contributed by atoms with E-state index >= 15 is 0 Å². The highest BCUT2D eigenvalue weighted by Gasteiger charge is 2.40. The van der Waals surface area contributed by atoms with Crippen molar-refractivity contribution < 1.29 is 18.0 Å². The molecular formula is C11H9Cl3F3N3OS. The van der Waals surface area contributed by atoms with Gasteiger partial charge >= 0.3 is 12.2 Å². The number of nitrogens with one attached hydrogen (secondary N) is 1. The van der Waals surface area contributed by atoms with Crippen LogP contribution in [0.15, 0.2) is 24.3 Å². The van der Waals surface area contributed by atoms with Gasteiger partial charge < -0.3 is 0 Å². The minimum atomic E-state index is -4.44. The highest BCUT2D eigenvalue weighted by molar-refractivity contribution is 8.03. The first-order chi connectivity index (χ1) is 9.99. The average Bonchev–Trinajstić information content (AvgIpc) is 2.61. The first-order valence-corrected chi connectivity index (χ1v) is 7.72. The molecule has 1 atom stereocenters. The number of carbonyl (C=O) groups excluding carboxylic acids is 1. The number of urea groups is 1. The Morgan fingerprint density at radius 3 is 2.18 bits per heavy atom. The van der Waals surface area contributed by atoms with Crippen molar-refractivity contribution in [1.82, 2.24) is 9.84 Å². The molecule has 0 aliphatic carbocycles. The third-order valence-electron chi connectivity index (χ3n) is 2.74. The van der Waals surface area contributed by atoms with Crippen molar-refractivity contribution in [2.45, 2.75) is 22.4 Å². The summed E-state index contributed by atoms with van der Waals surface area (Å²) in [7, 11) is 0. The minimum Gasteiger partial charge on any atom is -0.275 e. The van der Waals surface area contributed by atoms with Crippen LogP contribution in [0, 0.1) is 0 Å². The third-order valence-corrected chi connectivity index (χ3v) is 4.01. The summed E-state index contributed by atoms with van der Waals surface area (Å²) in [5.74, 6) is 0. The number of amides is 2. The molecule has 0 aromatic heterocycles. The summed E-state index contributed by atoms with van der Waals surface area (Å²) >= 11 is 17.5. The summed E-state index contributed by atoms with van der Waals surface area (Å²) < 4.78 is 36.9. The molecule has 0 saturated carbocycles. The molecule has 4 nitrogen and oxygen atoms in total. The maximum atomic E-state index is 12.5. The van der Waals surface area contributed by atoms with Gasteiger partial charge in [0.2, 0.25) is 0 Å². The Morgan fingerprint density at radius 2 is 1.73 bits per heavy atom.